The number of aliphatic imine (C=N–C) groups is 1. The molecule has 2 aliphatic rings. The van der Waals surface area contributed by atoms with Crippen molar-refractivity contribution in [3.8, 4) is 0 Å². The molecule has 0 aromatic heterocycles. The van der Waals surface area contributed by atoms with Crippen LogP contribution in [-0.4, -0.2) is 80.1 Å². The highest BCUT2D eigenvalue weighted by Crippen LogP contribution is 2.37. The number of nitrogens with zero attached hydrogens (tertiary/aromatic N) is 4. The number of likely N-dealkylation sites (N-methyl/N-ethyl adjacent to an activating group) is 2. The summed E-state index contributed by atoms with van der Waals surface area (Å²) in [4.78, 5) is 48.8. The Labute approximate surface area is 238 Å². The van der Waals surface area contributed by atoms with Gasteiger partial charge in [-0.25, -0.2) is 4.39 Å². The monoisotopic (exact) mass is 556 g/mol. The normalized spacial score (nSPS) is 17.7. The maximum atomic E-state index is 13.9. The second-order valence-electron chi connectivity index (χ2n) is 10.6. The summed E-state index contributed by atoms with van der Waals surface area (Å²) >= 11 is 0. The molecule has 0 radical (unpaired) electrons. The van der Waals surface area contributed by atoms with Gasteiger partial charge in [0.15, 0.2) is 0 Å². The minimum absolute atomic E-state index is 0.00289. The van der Waals surface area contributed by atoms with Crippen LogP contribution in [0.3, 0.4) is 0 Å². The summed E-state index contributed by atoms with van der Waals surface area (Å²) in [6.07, 6.45) is 0. The van der Waals surface area contributed by atoms with E-state index in [4.69, 9.17) is 10.7 Å². The zero-order valence-electron chi connectivity index (χ0n) is 23.4. The molecular formula is C31H33FN6O3. The van der Waals surface area contributed by atoms with Crippen LogP contribution in [0.2, 0.25) is 0 Å². The number of anilines is 2. The lowest BCUT2D eigenvalue weighted by molar-refractivity contribution is -0.120. The number of nitrogens with two attached hydrogens (primary N) is 1. The molecule has 3 aromatic rings. The molecule has 1 saturated heterocycles. The van der Waals surface area contributed by atoms with Crippen LogP contribution in [0.25, 0.3) is 0 Å². The molecule has 0 bridgehead atoms. The molecule has 0 aliphatic carbocycles. The second-order valence-corrected chi connectivity index (χ2v) is 10.6. The van der Waals surface area contributed by atoms with Crippen LogP contribution in [0.4, 0.5) is 21.5 Å². The first-order valence-electron chi connectivity index (χ1n) is 13.5. The summed E-state index contributed by atoms with van der Waals surface area (Å²) < 4.78 is 13.9. The summed E-state index contributed by atoms with van der Waals surface area (Å²) in [5, 5.41) is 2.76. The summed E-state index contributed by atoms with van der Waals surface area (Å²) in [6.45, 7) is 5.77. The SMILES string of the molecule is Cc1cc(C(N)=O)ccc1C(=Nc1ccc(N(C)C(=O)CN2CCN(C)CC2)cc1)C1C(=O)Nc2cc(F)ccc21. The maximum absolute atomic E-state index is 13.9. The first-order valence-corrected chi connectivity index (χ1v) is 13.5. The first kappa shape index (κ1) is 28.1. The van der Waals surface area contributed by atoms with E-state index in [1.165, 1.54) is 12.1 Å². The molecule has 3 N–H and O–H groups in total. The van der Waals surface area contributed by atoms with Crippen molar-refractivity contribution in [2.45, 2.75) is 12.8 Å². The van der Waals surface area contributed by atoms with Crippen molar-refractivity contribution in [3.05, 3.63) is 88.7 Å². The summed E-state index contributed by atoms with van der Waals surface area (Å²) in [5.74, 6) is -2.13. The van der Waals surface area contributed by atoms with Gasteiger partial charge in [0, 0.05) is 55.7 Å². The Balaban J connectivity index is 1.46. The Morgan fingerprint density at radius 1 is 1.05 bits per heavy atom. The number of aryl methyl sites for hydroxylation is 1. The standard InChI is InChI=1S/C31H33FN6O3/c1-19-16-20(30(33)40)4-10-24(19)29(28-25-11-5-21(32)17-26(25)35-31(28)41)34-22-6-8-23(9-7-22)37(3)27(39)18-38-14-12-36(2)13-15-38/h4-11,16-17,28H,12-15,18H2,1-3H3,(H2,33,40)(H,35,41). The molecule has 0 spiro atoms. The number of primary amides is 1. The minimum Gasteiger partial charge on any atom is -0.366 e. The second kappa shape index (κ2) is 11.6. The molecule has 41 heavy (non-hydrogen) atoms. The van der Waals surface area contributed by atoms with Crippen molar-refractivity contribution in [3.63, 3.8) is 0 Å². The number of amides is 3. The van der Waals surface area contributed by atoms with Crippen LogP contribution in [0.15, 0.2) is 65.7 Å². The molecule has 1 atom stereocenters. The average molecular weight is 557 g/mol. The fourth-order valence-electron chi connectivity index (χ4n) is 5.23. The van der Waals surface area contributed by atoms with Crippen molar-refractivity contribution in [1.29, 1.82) is 0 Å². The Bertz CT molecular complexity index is 1530. The van der Waals surface area contributed by atoms with Gasteiger partial charge in [-0.15, -0.1) is 0 Å². The predicted octanol–water partition coefficient (Wildman–Crippen LogP) is 3.30. The fourth-order valence-corrected chi connectivity index (χ4v) is 5.23. The van der Waals surface area contributed by atoms with E-state index < -0.39 is 17.6 Å². The zero-order valence-corrected chi connectivity index (χ0v) is 23.4. The van der Waals surface area contributed by atoms with Crippen LogP contribution in [0.5, 0.6) is 0 Å². The van der Waals surface area contributed by atoms with E-state index in [1.807, 2.05) is 19.1 Å². The molecule has 1 fully saturated rings. The number of carbonyl (C=O) groups excluding carboxylic acids is 3. The van der Waals surface area contributed by atoms with Crippen LogP contribution >= 0.6 is 0 Å². The third kappa shape index (κ3) is 6.03. The van der Waals surface area contributed by atoms with Crippen molar-refractivity contribution >= 4 is 40.5 Å². The number of halogens is 1. The lowest BCUT2D eigenvalue weighted by atomic mass is 9.88. The van der Waals surface area contributed by atoms with Crippen molar-refractivity contribution in [2.24, 2.45) is 10.7 Å². The van der Waals surface area contributed by atoms with Gasteiger partial charge < -0.3 is 20.9 Å². The van der Waals surface area contributed by atoms with Crippen LogP contribution in [0.1, 0.15) is 33.0 Å². The van der Waals surface area contributed by atoms with E-state index in [0.29, 0.717) is 45.9 Å². The van der Waals surface area contributed by atoms with Gasteiger partial charge in [0.1, 0.15) is 11.7 Å². The smallest absolute Gasteiger partial charge is 0.248 e. The lowest BCUT2D eigenvalue weighted by Crippen LogP contribution is -2.48. The van der Waals surface area contributed by atoms with Gasteiger partial charge in [-0.3, -0.25) is 24.3 Å². The quantitative estimate of drug-likeness (QED) is 0.434. The van der Waals surface area contributed by atoms with Crippen molar-refractivity contribution in [2.75, 3.05) is 57.0 Å². The van der Waals surface area contributed by atoms with Gasteiger partial charge in [0.2, 0.25) is 17.7 Å². The zero-order chi connectivity index (χ0) is 29.3. The molecule has 2 aliphatic heterocycles. The molecule has 3 aromatic carbocycles. The third-order valence-electron chi connectivity index (χ3n) is 7.72. The Kier molecular flexibility index (Phi) is 7.96. The molecule has 5 rings (SSSR count). The van der Waals surface area contributed by atoms with Gasteiger partial charge in [0.25, 0.3) is 0 Å². The first-order chi connectivity index (χ1) is 19.6. The molecule has 0 saturated carbocycles. The highest BCUT2D eigenvalue weighted by Gasteiger charge is 2.36. The van der Waals surface area contributed by atoms with Gasteiger partial charge in [-0.2, -0.15) is 0 Å². The lowest BCUT2D eigenvalue weighted by Gasteiger charge is -2.32. The summed E-state index contributed by atoms with van der Waals surface area (Å²) in [6, 6.07) is 16.4. The fraction of sp³-hybridized carbons (Fsp3) is 0.290. The van der Waals surface area contributed by atoms with E-state index in [1.54, 1.807) is 48.3 Å². The third-order valence-corrected chi connectivity index (χ3v) is 7.72. The minimum atomic E-state index is -0.795. The van der Waals surface area contributed by atoms with Gasteiger partial charge >= 0.3 is 0 Å². The Morgan fingerprint density at radius 2 is 1.76 bits per heavy atom. The Morgan fingerprint density at radius 3 is 2.41 bits per heavy atom. The number of piperazine rings is 1. The topological polar surface area (TPSA) is 111 Å². The Hall–Kier alpha value is -4.41. The average Bonchev–Trinajstić information content (AvgIpc) is 3.27. The number of hydrogen-bond donors (Lipinski definition) is 2. The van der Waals surface area contributed by atoms with Crippen LogP contribution in [-0.2, 0) is 9.59 Å². The molecular weight excluding hydrogens is 523 g/mol. The van der Waals surface area contributed by atoms with E-state index in [2.05, 4.69) is 22.2 Å². The van der Waals surface area contributed by atoms with Crippen molar-refractivity contribution in [1.82, 2.24) is 9.80 Å². The molecule has 1 unspecified atom stereocenters. The van der Waals surface area contributed by atoms with E-state index in [-0.39, 0.29) is 11.8 Å². The van der Waals surface area contributed by atoms with Gasteiger partial charge in [-0.1, -0.05) is 12.1 Å². The van der Waals surface area contributed by atoms with E-state index in [0.717, 1.165) is 31.9 Å². The summed E-state index contributed by atoms with van der Waals surface area (Å²) in [5.41, 5.74) is 9.96. The van der Waals surface area contributed by atoms with Crippen LogP contribution in [0, 0.1) is 12.7 Å². The molecule has 10 heteroatoms. The number of rotatable bonds is 7. The largest absolute Gasteiger partial charge is 0.366 e. The molecule has 2 heterocycles. The summed E-state index contributed by atoms with van der Waals surface area (Å²) in [7, 11) is 3.83. The van der Waals surface area contributed by atoms with Crippen LogP contribution < -0.4 is 16.0 Å². The molecule has 9 nitrogen and oxygen atoms in total. The molecule has 3 amide bonds. The molecule has 212 valence electrons. The van der Waals surface area contributed by atoms with Gasteiger partial charge in [0.05, 0.1) is 17.9 Å². The number of benzene rings is 3. The number of nitrogens with one attached hydrogen (secondary N) is 1. The predicted molar refractivity (Wildman–Crippen MR) is 157 cm³/mol. The number of carbonyl (C=O) groups is 3. The maximum Gasteiger partial charge on any atom is 0.248 e. The highest BCUT2D eigenvalue weighted by atomic mass is 19.1. The highest BCUT2D eigenvalue weighted by molar-refractivity contribution is 6.24. The van der Waals surface area contributed by atoms with E-state index >= 15 is 0 Å². The van der Waals surface area contributed by atoms with Crippen molar-refractivity contribution < 1.29 is 18.8 Å². The number of hydrogen-bond acceptors (Lipinski definition) is 6. The van der Waals surface area contributed by atoms with Gasteiger partial charge in [-0.05, 0) is 73.6 Å². The van der Waals surface area contributed by atoms with E-state index in [9.17, 15) is 18.8 Å². The number of fused-ring (bicyclic) bond motifs is 1.